The maximum absolute atomic E-state index is 11.7. The fraction of sp³-hybridized carbons (Fsp3) is 0.562. The van der Waals surface area contributed by atoms with Crippen LogP contribution in [-0.4, -0.2) is 25.2 Å². The van der Waals surface area contributed by atoms with Crippen molar-refractivity contribution >= 4 is 17.4 Å². The van der Waals surface area contributed by atoms with Crippen molar-refractivity contribution in [2.45, 2.75) is 38.6 Å². The number of carbonyl (C=O) groups is 1. The first-order valence-electron chi connectivity index (χ1n) is 7.64. The second-order valence-electron chi connectivity index (χ2n) is 6.05. The number of amides is 2. The summed E-state index contributed by atoms with van der Waals surface area (Å²) < 4.78 is 0. The minimum absolute atomic E-state index is 0.00781. The zero-order valence-corrected chi connectivity index (χ0v) is 12.1. The highest BCUT2D eigenvalue weighted by molar-refractivity contribution is 5.94. The van der Waals surface area contributed by atoms with Crippen LogP contribution in [0.4, 0.5) is 16.2 Å². The highest BCUT2D eigenvalue weighted by atomic mass is 16.2. The van der Waals surface area contributed by atoms with Crippen molar-refractivity contribution in [2.24, 2.45) is 5.92 Å². The molecule has 0 bridgehead atoms. The van der Waals surface area contributed by atoms with E-state index in [0.717, 1.165) is 30.4 Å². The Morgan fingerprint density at radius 3 is 3.00 bits per heavy atom. The molecule has 1 aliphatic carbocycles. The molecule has 1 saturated heterocycles. The van der Waals surface area contributed by atoms with Crippen LogP contribution in [0.3, 0.4) is 0 Å². The van der Waals surface area contributed by atoms with Crippen LogP contribution in [0.1, 0.15) is 32.6 Å². The zero-order valence-electron chi connectivity index (χ0n) is 12.1. The highest BCUT2D eigenvalue weighted by Crippen LogP contribution is 2.28. The van der Waals surface area contributed by atoms with Gasteiger partial charge in [-0.25, -0.2) is 4.79 Å². The van der Waals surface area contributed by atoms with Gasteiger partial charge >= 0.3 is 6.03 Å². The normalized spacial score (nSPS) is 26.4. The van der Waals surface area contributed by atoms with E-state index in [1.165, 1.54) is 25.7 Å². The number of benzene rings is 1. The molecule has 3 rings (SSSR count). The van der Waals surface area contributed by atoms with E-state index in [-0.39, 0.29) is 6.03 Å². The van der Waals surface area contributed by atoms with Crippen LogP contribution in [0, 0.1) is 5.92 Å². The summed E-state index contributed by atoms with van der Waals surface area (Å²) in [6.07, 6.45) is 5.16. The predicted octanol–water partition coefficient (Wildman–Crippen LogP) is 3.21. The highest BCUT2D eigenvalue weighted by Gasteiger charge is 2.22. The second-order valence-corrected chi connectivity index (χ2v) is 6.05. The topological polar surface area (TPSA) is 44.4 Å². The summed E-state index contributed by atoms with van der Waals surface area (Å²) >= 11 is 0. The molecule has 1 aliphatic heterocycles. The summed E-state index contributed by atoms with van der Waals surface area (Å²) in [6.45, 7) is 3.82. The summed E-state index contributed by atoms with van der Waals surface area (Å²) in [5, 5.41) is 6.47. The van der Waals surface area contributed by atoms with Crippen LogP contribution in [-0.2, 0) is 0 Å². The first kappa shape index (κ1) is 13.3. The fourth-order valence-electron chi connectivity index (χ4n) is 3.28. The third kappa shape index (κ3) is 2.89. The van der Waals surface area contributed by atoms with Gasteiger partial charge in [0.05, 0.1) is 0 Å². The quantitative estimate of drug-likeness (QED) is 0.888. The number of carbonyl (C=O) groups excluding carboxylic acids is 1. The third-order valence-corrected chi connectivity index (χ3v) is 4.32. The molecule has 1 heterocycles. The molecule has 1 aromatic carbocycles. The van der Waals surface area contributed by atoms with E-state index in [0.29, 0.717) is 6.04 Å². The Morgan fingerprint density at radius 1 is 1.35 bits per heavy atom. The molecule has 0 aromatic heterocycles. The van der Waals surface area contributed by atoms with Crippen molar-refractivity contribution in [1.82, 2.24) is 5.32 Å². The van der Waals surface area contributed by atoms with Gasteiger partial charge in [-0.1, -0.05) is 25.8 Å². The monoisotopic (exact) mass is 273 g/mol. The molecule has 4 heteroatoms. The number of nitrogens with zero attached hydrogens (tertiary/aromatic N) is 1. The van der Waals surface area contributed by atoms with Crippen molar-refractivity contribution in [3.8, 4) is 0 Å². The minimum Gasteiger partial charge on any atom is -0.382 e. The van der Waals surface area contributed by atoms with Gasteiger partial charge < -0.3 is 10.6 Å². The van der Waals surface area contributed by atoms with Crippen molar-refractivity contribution in [3.63, 3.8) is 0 Å². The molecule has 20 heavy (non-hydrogen) atoms. The molecule has 2 unspecified atom stereocenters. The van der Waals surface area contributed by atoms with Gasteiger partial charge in [0, 0.05) is 30.5 Å². The number of rotatable bonds is 3. The molecule has 1 saturated carbocycles. The lowest BCUT2D eigenvalue weighted by molar-refractivity contribution is 0.252. The van der Waals surface area contributed by atoms with Gasteiger partial charge in [0.2, 0.25) is 0 Å². The summed E-state index contributed by atoms with van der Waals surface area (Å²) in [5.74, 6) is 0.814. The molecule has 2 fully saturated rings. The first-order chi connectivity index (χ1) is 9.72. The average molecular weight is 273 g/mol. The van der Waals surface area contributed by atoms with Crippen molar-refractivity contribution < 1.29 is 4.79 Å². The van der Waals surface area contributed by atoms with Gasteiger partial charge in [-0.2, -0.15) is 0 Å². The van der Waals surface area contributed by atoms with Crippen LogP contribution in [0.15, 0.2) is 24.3 Å². The van der Waals surface area contributed by atoms with E-state index in [4.69, 9.17) is 0 Å². The summed E-state index contributed by atoms with van der Waals surface area (Å²) in [5.41, 5.74) is 2.11. The molecule has 4 nitrogen and oxygen atoms in total. The lowest BCUT2D eigenvalue weighted by Crippen LogP contribution is -2.28. The second kappa shape index (κ2) is 5.73. The van der Waals surface area contributed by atoms with Crippen molar-refractivity contribution in [3.05, 3.63) is 24.3 Å². The van der Waals surface area contributed by atoms with Crippen LogP contribution in [0.5, 0.6) is 0 Å². The van der Waals surface area contributed by atoms with E-state index >= 15 is 0 Å². The standard InChI is InChI=1S/C16H23N3O/c1-12-4-2-5-13(10-12)18-14-6-3-7-15(11-14)19-9-8-17-16(19)20/h3,6-7,11-13,18H,2,4-5,8-10H2,1H3,(H,17,20). The lowest BCUT2D eigenvalue weighted by Gasteiger charge is -2.28. The van der Waals surface area contributed by atoms with Crippen molar-refractivity contribution in [2.75, 3.05) is 23.3 Å². The third-order valence-electron chi connectivity index (χ3n) is 4.32. The van der Waals surface area contributed by atoms with Gasteiger partial charge in [-0.3, -0.25) is 4.90 Å². The average Bonchev–Trinajstić information content (AvgIpc) is 2.85. The van der Waals surface area contributed by atoms with Crippen molar-refractivity contribution in [1.29, 1.82) is 0 Å². The van der Waals surface area contributed by atoms with Crippen LogP contribution < -0.4 is 15.5 Å². The Morgan fingerprint density at radius 2 is 2.25 bits per heavy atom. The summed E-state index contributed by atoms with van der Waals surface area (Å²) in [4.78, 5) is 13.5. The van der Waals surface area contributed by atoms with Crippen LogP contribution >= 0.6 is 0 Å². The molecule has 1 aromatic rings. The van der Waals surface area contributed by atoms with E-state index < -0.39 is 0 Å². The maximum atomic E-state index is 11.7. The molecule has 0 radical (unpaired) electrons. The Kier molecular flexibility index (Phi) is 3.81. The molecule has 108 valence electrons. The predicted molar refractivity (Wildman–Crippen MR) is 82.2 cm³/mol. The maximum Gasteiger partial charge on any atom is 0.321 e. The Bertz CT molecular complexity index is 488. The molecular weight excluding hydrogens is 250 g/mol. The first-order valence-corrected chi connectivity index (χ1v) is 7.64. The molecule has 2 aliphatic rings. The van der Waals surface area contributed by atoms with Crippen LogP contribution in [0.25, 0.3) is 0 Å². The van der Waals surface area contributed by atoms with Gasteiger partial charge in [-0.15, -0.1) is 0 Å². The van der Waals surface area contributed by atoms with E-state index in [9.17, 15) is 4.79 Å². The number of urea groups is 1. The van der Waals surface area contributed by atoms with E-state index in [1.807, 2.05) is 12.1 Å². The number of hydrogen-bond donors (Lipinski definition) is 2. The van der Waals surface area contributed by atoms with Gasteiger partial charge in [-0.05, 0) is 37.0 Å². The molecule has 2 atom stereocenters. The summed E-state index contributed by atoms with van der Waals surface area (Å²) in [7, 11) is 0. The van der Waals surface area contributed by atoms with Crippen LogP contribution in [0.2, 0.25) is 0 Å². The smallest absolute Gasteiger partial charge is 0.321 e. The van der Waals surface area contributed by atoms with E-state index in [2.05, 4.69) is 29.7 Å². The number of hydrogen-bond acceptors (Lipinski definition) is 2. The summed E-state index contributed by atoms with van der Waals surface area (Å²) in [6, 6.07) is 8.78. The Balaban J connectivity index is 1.69. The molecule has 0 spiro atoms. The van der Waals surface area contributed by atoms with Gasteiger partial charge in [0.25, 0.3) is 0 Å². The SMILES string of the molecule is CC1CCCC(Nc2cccc(N3CCNC3=O)c2)C1. The Hall–Kier alpha value is -1.71. The molecule has 2 amide bonds. The van der Waals surface area contributed by atoms with Gasteiger partial charge in [0.15, 0.2) is 0 Å². The largest absolute Gasteiger partial charge is 0.382 e. The zero-order chi connectivity index (χ0) is 13.9. The fourth-order valence-corrected chi connectivity index (χ4v) is 3.28. The molecule has 2 N–H and O–H groups in total. The Labute approximate surface area is 120 Å². The minimum atomic E-state index is 0.00781. The van der Waals surface area contributed by atoms with Gasteiger partial charge in [0.1, 0.15) is 0 Å². The van der Waals surface area contributed by atoms with E-state index in [1.54, 1.807) is 4.90 Å². The number of anilines is 2. The lowest BCUT2D eigenvalue weighted by atomic mass is 9.87. The number of nitrogens with one attached hydrogen (secondary N) is 2. The molecular formula is C16H23N3O.